The summed E-state index contributed by atoms with van der Waals surface area (Å²) in [6.07, 6.45) is 1.86. The van der Waals surface area contributed by atoms with E-state index in [4.69, 9.17) is 0 Å². The number of aromatic nitrogens is 1. The van der Waals surface area contributed by atoms with Gasteiger partial charge in [-0.05, 0) is 25.3 Å². The molecule has 2 aromatic carbocycles. The van der Waals surface area contributed by atoms with E-state index < -0.39 is 0 Å². The Hall–Kier alpha value is -2.66. The van der Waals surface area contributed by atoms with Gasteiger partial charge in [0.2, 0.25) is 0 Å². The molecule has 5 heteroatoms. The molecule has 0 aliphatic heterocycles. The zero-order valence-corrected chi connectivity index (χ0v) is 15.6. The van der Waals surface area contributed by atoms with Gasteiger partial charge in [-0.15, -0.1) is 11.3 Å². The van der Waals surface area contributed by atoms with Crippen LogP contribution in [0.5, 0.6) is 0 Å². The summed E-state index contributed by atoms with van der Waals surface area (Å²) in [5.74, 6) is 0. The van der Waals surface area contributed by atoms with Crippen LogP contribution in [0, 0.1) is 0 Å². The van der Waals surface area contributed by atoms with E-state index in [1.807, 2.05) is 60.8 Å². The number of nitrogens with zero attached hydrogens (tertiary/aromatic N) is 1. The molecule has 2 N–H and O–H groups in total. The summed E-state index contributed by atoms with van der Waals surface area (Å²) in [4.78, 5) is 16.7. The average molecular weight is 366 g/mol. The smallest absolute Gasteiger partial charge is 0.315 e. The monoisotopic (exact) mass is 365 g/mol. The number of thiazole rings is 1. The van der Waals surface area contributed by atoms with E-state index >= 15 is 0 Å². The number of nitrogens with one attached hydrogen (secondary N) is 2. The van der Waals surface area contributed by atoms with Gasteiger partial charge in [-0.25, -0.2) is 9.78 Å². The Bertz CT molecular complexity index is 818. The van der Waals surface area contributed by atoms with Crippen molar-refractivity contribution >= 4 is 17.4 Å². The fourth-order valence-corrected chi connectivity index (χ4v) is 3.41. The second-order valence-electron chi connectivity index (χ2n) is 6.24. The highest BCUT2D eigenvalue weighted by Gasteiger charge is 2.09. The molecule has 26 heavy (non-hydrogen) atoms. The zero-order chi connectivity index (χ0) is 18.2. The van der Waals surface area contributed by atoms with Crippen molar-refractivity contribution in [3.05, 3.63) is 76.6 Å². The minimum absolute atomic E-state index is 0.117. The SMILES string of the molecule is CC(CCc1ccccc1)NC(=O)NCc1nc(-c2ccccc2)cs1. The van der Waals surface area contributed by atoms with Crippen LogP contribution in [-0.4, -0.2) is 17.1 Å². The van der Waals surface area contributed by atoms with Gasteiger partial charge in [0.25, 0.3) is 0 Å². The highest BCUT2D eigenvalue weighted by molar-refractivity contribution is 7.09. The minimum Gasteiger partial charge on any atom is -0.336 e. The van der Waals surface area contributed by atoms with E-state index in [1.165, 1.54) is 5.56 Å². The molecule has 0 spiro atoms. The quantitative estimate of drug-likeness (QED) is 0.641. The Morgan fingerprint density at radius 3 is 2.50 bits per heavy atom. The van der Waals surface area contributed by atoms with E-state index in [9.17, 15) is 4.79 Å². The summed E-state index contributed by atoms with van der Waals surface area (Å²) in [6, 6.07) is 20.3. The standard InChI is InChI=1S/C21H23N3OS/c1-16(12-13-17-8-4-2-5-9-17)23-21(25)22-14-20-24-19(15-26-20)18-10-6-3-7-11-18/h2-11,15-16H,12-14H2,1H3,(H2,22,23,25). The molecule has 1 unspecified atom stereocenters. The van der Waals surface area contributed by atoms with Crippen molar-refractivity contribution in [2.24, 2.45) is 0 Å². The van der Waals surface area contributed by atoms with E-state index in [0.29, 0.717) is 6.54 Å². The van der Waals surface area contributed by atoms with Gasteiger partial charge < -0.3 is 10.6 Å². The fraction of sp³-hybridized carbons (Fsp3) is 0.238. The first kappa shape index (κ1) is 18.1. The third kappa shape index (κ3) is 5.43. The number of hydrogen-bond acceptors (Lipinski definition) is 3. The van der Waals surface area contributed by atoms with Gasteiger partial charge in [-0.2, -0.15) is 0 Å². The molecule has 1 aromatic heterocycles. The Labute approximate surface area is 158 Å². The van der Waals surface area contributed by atoms with E-state index in [2.05, 4.69) is 27.8 Å². The molecule has 1 heterocycles. The van der Waals surface area contributed by atoms with Crippen LogP contribution in [0.4, 0.5) is 4.79 Å². The van der Waals surface area contributed by atoms with Crippen molar-refractivity contribution in [3.8, 4) is 11.3 Å². The van der Waals surface area contributed by atoms with Gasteiger partial charge in [0.05, 0.1) is 12.2 Å². The Balaban J connectivity index is 1.42. The third-order valence-electron chi connectivity index (χ3n) is 4.11. The third-order valence-corrected chi connectivity index (χ3v) is 4.96. The Kier molecular flexibility index (Phi) is 6.39. The lowest BCUT2D eigenvalue weighted by atomic mass is 10.1. The first-order chi connectivity index (χ1) is 12.7. The largest absolute Gasteiger partial charge is 0.336 e. The van der Waals surface area contributed by atoms with Gasteiger partial charge in [-0.1, -0.05) is 60.7 Å². The molecule has 0 radical (unpaired) electrons. The molecule has 134 valence electrons. The first-order valence-electron chi connectivity index (χ1n) is 8.79. The summed E-state index contributed by atoms with van der Waals surface area (Å²) in [6.45, 7) is 2.47. The molecule has 0 aliphatic rings. The van der Waals surface area contributed by atoms with Crippen LogP contribution in [-0.2, 0) is 13.0 Å². The zero-order valence-electron chi connectivity index (χ0n) is 14.8. The van der Waals surface area contributed by atoms with Gasteiger partial charge in [0.1, 0.15) is 5.01 Å². The summed E-state index contributed by atoms with van der Waals surface area (Å²) in [7, 11) is 0. The van der Waals surface area contributed by atoms with E-state index in [1.54, 1.807) is 11.3 Å². The second kappa shape index (κ2) is 9.15. The fourth-order valence-electron chi connectivity index (χ4n) is 2.66. The van der Waals surface area contributed by atoms with E-state index in [-0.39, 0.29) is 12.1 Å². The van der Waals surface area contributed by atoms with Gasteiger partial charge in [-0.3, -0.25) is 0 Å². The lowest BCUT2D eigenvalue weighted by Gasteiger charge is -2.14. The molecule has 2 amide bonds. The van der Waals surface area contributed by atoms with Gasteiger partial charge in [0, 0.05) is 17.0 Å². The van der Waals surface area contributed by atoms with Crippen molar-refractivity contribution in [2.45, 2.75) is 32.4 Å². The predicted octanol–water partition coefficient (Wildman–Crippen LogP) is 4.63. The van der Waals surface area contributed by atoms with Crippen molar-refractivity contribution < 1.29 is 4.79 Å². The molecular formula is C21H23N3OS. The number of amides is 2. The number of benzene rings is 2. The number of urea groups is 1. The van der Waals surface area contributed by atoms with Gasteiger partial charge >= 0.3 is 6.03 Å². The minimum atomic E-state index is -0.151. The maximum Gasteiger partial charge on any atom is 0.315 e. The molecule has 0 saturated heterocycles. The topological polar surface area (TPSA) is 54.0 Å². The molecule has 4 nitrogen and oxygen atoms in total. The molecule has 3 aromatic rings. The van der Waals surface area contributed by atoms with Crippen molar-refractivity contribution in [3.63, 3.8) is 0 Å². The van der Waals surface area contributed by atoms with Crippen LogP contribution in [0.15, 0.2) is 66.0 Å². The normalized spacial score (nSPS) is 11.7. The first-order valence-corrected chi connectivity index (χ1v) is 9.67. The van der Waals surface area contributed by atoms with Crippen molar-refractivity contribution in [1.82, 2.24) is 15.6 Å². The number of aryl methyl sites for hydroxylation is 1. The highest BCUT2D eigenvalue weighted by atomic mass is 32.1. The molecule has 0 saturated carbocycles. The maximum absolute atomic E-state index is 12.1. The number of hydrogen-bond donors (Lipinski definition) is 2. The molecule has 0 aliphatic carbocycles. The summed E-state index contributed by atoms with van der Waals surface area (Å²) >= 11 is 1.56. The molecular weight excluding hydrogens is 342 g/mol. The summed E-state index contributed by atoms with van der Waals surface area (Å²) < 4.78 is 0. The second-order valence-corrected chi connectivity index (χ2v) is 7.19. The van der Waals surface area contributed by atoms with Crippen LogP contribution in [0.1, 0.15) is 23.9 Å². The predicted molar refractivity (Wildman–Crippen MR) is 107 cm³/mol. The number of carbonyl (C=O) groups is 1. The van der Waals surface area contributed by atoms with Crippen LogP contribution in [0.3, 0.4) is 0 Å². The molecule has 1 atom stereocenters. The Morgan fingerprint density at radius 2 is 1.77 bits per heavy atom. The van der Waals surface area contributed by atoms with Crippen LogP contribution in [0.25, 0.3) is 11.3 Å². The molecule has 3 rings (SSSR count). The van der Waals surface area contributed by atoms with Crippen LogP contribution in [0.2, 0.25) is 0 Å². The molecule has 0 bridgehead atoms. The Morgan fingerprint density at radius 1 is 1.08 bits per heavy atom. The summed E-state index contributed by atoms with van der Waals surface area (Å²) in [5.41, 5.74) is 3.33. The number of carbonyl (C=O) groups excluding carboxylic acids is 1. The lowest BCUT2D eigenvalue weighted by molar-refractivity contribution is 0.237. The average Bonchev–Trinajstić information content (AvgIpc) is 3.15. The number of rotatable bonds is 7. The van der Waals surface area contributed by atoms with Crippen LogP contribution < -0.4 is 10.6 Å². The van der Waals surface area contributed by atoms with Crippen LogP contribution >= 0.6 is 11.3 Å². The van der Waals surface area contributed by atoms with Crippen molar-refractivity contribution in [1.29, 1.82) is 0 Å². The van der Waals surface area contributed by atoms with Crippen molar-refractivity contribution in [2.75, 3.05) is 0 Å². The van der Waals surface area contributed by atoms with E-state index in [0.717, 1.165) is 29.1 Å². The highest BCUT2D eigenvalue weighted by Crippen LogP contribution is 2.21. The lowest BCUT2D eigenvalue weighted by Crippen LogP contribution is -2.40. The molecule has 0 fully saturated rings. The summed E-state index contributed by atoms with van der Waals surface area (Å²) in [5, 5.41) is 8.80. The van der Waals surface area contributed by atoms with Gasteiger partial charge in [0.15, 0.2) is 0 Å². The maximum atomic E-state index is 12.1.